The molecular weight excluding hydrogens is 172 g/mol. The van der Waals surface area contributed by atoms with E-state index < -0.39 is 0 Å². The average molecular weight is 194 g/mol. The molecular formula is C13H22O. The Hall–Kier alpha value is -0.300. The monoisotopic (exact) mass is 194 g/mol. The van der Waals surface area contributed by atoms with Crippen molar-refractivity contribution < 1.29 is 5.11 Å². The third kappa shape index (κ3) is 1.11. The van der Waals surface area contributed by atoms with Crippen molar-refractivity contribution in [3.63, 3.8) is 0 Å². The zero-order chi connectivity index (χ0) is 10.4. The van der Waals surface area contributed by atoms with Crippen LogP contribution in [0.15, 0.2) is 12.2 Å². The van der Waals surface area contributed by atoms with Crippen LogP contribution in [-0.4, -0.2) is 11.7 Å². The lowest BCUT2D eigenvalue weighted by Gasteiger charge is -2.41. The van der Waals surface area contributed by atoms with Crippen LogP contribution in [0.2, 0.25) is 0 Å². The van der Waals surface area contributed by atoms with E-state index in [-0.39, 0.29) is 6.61 Å². The van der Waals surface area contributed by atoms with Crippen LogP contribution in [0.4, 0.5) is 0 Å². The maximum Gasteiger partial charge on any atom is 0.0612 e. The maximum absolute atomic E-state index is 8.90. The number of aliphatic hydroxyl groups excluding tert-OH is 1. The number of allylic oxidation sites excluding steroid dienone is 1. The third-order valence-corrected chi connectivity index (χ3v) is 4.87. The summed E-state index contributed by atoms with van der Waals surface area (Å²) in [5, 5.41) is 8.90. The van der Waals surface area contributed by atoms with Crippen LogP contribution >= 0.6 is 0 Å². The largest absolute Gasteiger partial charge is 0.392 e. The lowest BCUT2D eigenvalue weighted by atomic mass is 9.63. The summed E-state index contributed by atoms with van der Waals surface area (Å²) in [6.45, 7) is 7.38. The number of fused-ring (bicyclic) bond motifs is 1. The molecule has 0 aromatic carbocycles. The van der Waals surface area contributed by atoms with Gasteiger partial charge in [0.1, 0.15) is 0 Å². The molecule has 0 aromatic rings. The van der Waals surface area contributed by atoms with E-state index >= 15 is 0 Å². The second-order valence-corrected chi connectivity index (χ2v) is 6.03. The lowest BCUT2D eigenvalue weighted by molar-refractivity contribution is 0.118. The van der Waals surface area contributed by atoms with Crippen molar-refractivity contribution >= 4 is 0 Å². The Morgan fingerprint density at radius 2 is 1.93 bits per heavy atom. The van der Waals surface area contributed by atoms with Gasteiger partial charge in [0.05, 0.1) is 6.61 Å². The van der Waals surface area contributed by atoms with Gasteiger partial charge in [-0.2, -0.15) is 0 Å². The summed E-state index contributed by atoms with van der Waals surface area (Å²) in [6.07, 6.45) is 9.64. The summed E-state index contributed by atoms with van der Waals surface area (Å²) >= 11 is 0. The zero-order valence-electron chi connectivity index (χ0n) is 9.64. The first-order chi connectivity index (χ1) is 6.47. The molecule has 80 valence electrons. The minimum absolute atomic E-state index is 0.188. The minimum atomic E-state index is 0.188. The molecule has 2 rings (SSSR count). The first kappa shape index (κ1) is 10.2. The predicted octanol–water partition coefficient (Wildman–Crippen LogP) is 3.14. The predicted molar refractivity (Wildman–Crippen MR) is 59.0 cm³/mol. The van der Waals surface area contributed by atoms with Gasteiger partial charge in [0.25, 0.3) is 0 Å². The normalized spacial score (nSPS) is 45.1. The van der Waals surface area contributed by atoms with Crippen LogP contribution in [0.3, 0.4) is 0 Å². The van der Waals surface area contributed by atoms with Crippen molar-refractivity contribution in [3.05, 3.63) is 12.2 Å². The van der Waals surface area contributed by atoms with E-state index in [0.29, 0.717) is 16.2 Å². The fraction of sp³-hybridized carbons (Fsp3) is 0.846. The van der Waals surface area contributed by atoms with E-state index in [4.69, 9.17) is 5.11 Å². The molecule has 0 bridgehead atoms. The van der Waals surface area contributed by atoms with E-state index in [1.165, 1.54) is 25.7 Å². The highest BCUT2D eigenvalue weighted by Crippen LogP contribution is 2.78. The van der Waals surface area contributed by atoms with Crippen LogP contribution in [0.25, 0.3) is 0 Å². The Morgan fingerprint density at radius 3 is 2.50 bits per heavy atom. The van der Waals surface area contributed by atoms with Crippen molar-refractivity contribution in [1.82, 2.24) is 0 Å². The lowest BCUT2D eigenvalue weighted by Crippen LogP contribution is -2.32. The number of hydrogen-bond donors (Lipinski definition) is 1. The van der Waals surface area contributed by atoms with Gasteiger partial charge in [-0.3, -0.25) is 0 Å². The summed E-state index contributed by atoms with van der Waals surface area (Å²) < 4.78 is 0. The molecule has 2 fully saturated rings. The van der Waals surface area contributed by atoms with Gasteiger partial charge < -0.3 is 5.11 Å². The van der Waals surface area contributed by atoms with Gasteiger partial charge >= 0.3 is 0 Å². The summed E-state index contributed by atoms with van der Waals surface area (Å²) in [4.78, 5) is 0. The highest BCUT2D eigenvalue weighted by atomic mass is 16.2. The van der Waals surface area contributed by atoms with E-state index in [0.717, 1.165) is 0 Å². The molecule has 1 heteroatoms. The van der Waals surface area contributed by atoms with E-state index in [1.54, 1.807) is 0 Å². The summed E-state index contributed by atoms with van der Waals surface area (Å²) in [5.74, 6) is 0. The molecule has 2 atom stereocenters. The molecule has 0 radical (unpaired) electrons. The molecule has 2 aliphatic carbocycles. The summed E-state index contributed by atoms with van der Waals surface area (Å²) in [7, 11) is 0. The number of aliphatic hydroxyl groups is 1. The van der Waals surface area contributed by atoms with E-state index in [9.17, 15) is 0 Å². The minimum Gasteiger partial charge on any atom is -0.392 e. The maximum atomic E-state index is 8.90. The van der Waals surface area contributed by atoms with Crippen molar-refractivity contribution in [2.75, 3.05) is 6.61 Å². The number of rotatable bonds is 2. The average Bonchev–Trinajstić information content (AvgIpc) is 2.70. The topological polar surface area (TPSA) is 20.2 Å². The van der Waals surface area contributed by atoms with E-state index in [1.807, 2.05) is 6.08 Å². The smallest absolute Gasteiger partial charge is 0.0612 e. The Labute approximate surface area is 87.2 Å². The van der Waals surface area contributed by atoms with Crippen LogP contribution in [-0.2, 0) is 0 Å². The standard InChI is InChI=1S/C13H22O/c1-11(2)6-4-7-12(3)10-13(11,12)8-5-9-14/h5,8,14H,4,6-7,9-10H2,1-3H3/b8-5+. The quantitative estimate of drug-likeness (QED) is 0.670. The number of hydrogen-bond acceptors (Lipinski definition) is 1. The first-order valence-corrected chi connectivity index (χ1v) is 5.76. The summed E-state index contributed by atoms with van der Waals surface area (Å²) in [5.41, 5.74) is 1.34. The highest BCUT2D eigenvalue weighted by molar-refractivity contribution is 5.28. The fourth-order valence-corrected chi connectivity index (χ4v) is 3.82. The second-order valence-electron chi connectivity index (χ2n) is 6.03. The van der Waals surface area contributed by atoms with Gasteiger partial charge in [0.2, 0.25) is 0 Å². The van der Waals surface area contributed by atoms with Gasteiger partial charge in [0.15, 0.2) is 0 Å². The van der Waals surface area contributed by atoms with Crippen LogP contribution in [0.1, 0.15) is 46.5 Å². The van der Waals surface area contributed by atoms with E-state index in [2.05, 4.69) is 26.8 Å². The van der Waals surface area contributed by atoms with Gasteiger partial charge in [-0.1, -0.05) is 39.3 Å². The molecule has 2 aliphatic rings. The van der Waals surface area contributed by atoms with Gasteiger partial charge in [0, 0.05) is 0 Å². The molecule has 1 nitrogen and oxygen atoms in total. The van der Waals surface area contributed by atoms with Crippen LogP contribution in [0.5, 0.6) is 0 Å². The molecule has 0 aliphatic heterocycles. The molecule has 0 spiro atoms. The Balaban J connectivity index is 2.28. The Bertz CT molecular complexity index is 266. The third-order valence-electron chi connectivity index (χ3n) is 4.87. The first-order valence-electron chi connectivity index (χ1n) is 5.76. The van der Waals surface area contributed by atoms with Gasteiger partial charge in [-0.15, -0.1) is 0 Å². The second kappa shape index (κ2) is 2.85. The van der Waals surface area contributed by atoms with Crippen molar-refractivity contribution in [2.24, 2.45) is 16.2 Å². The highest BCUT2D eigenvalue weighted by Gasteiger charge is 2.69. The Kier molecular flexibility index (Phi) is 2.08. The van der Waals surface area contributed by atoms with Crippen molar-refractivity contribution in [1.29, 1.82) is 0 Å². The molecule has 0 aromatic heterocycles. The van der Waals surface area contributed by atoms with Crippen LogP contribution < -0.4 is 0 Å². The molecule has 0 heterocycles. The zero-order valence-corrected chi connectivity index (χ0v) is 9.64. The van der Waals surface area contributed by atoms with Crippen molar-refractivity contribution in [3.8, 4) is 0 Å². The molecule has 1 N–H and O–H groups in total. The molecule has 0 saturated heterocycles. The van der Waals surface area contributed by atoms with Crippen molar-refractivity contribution in [2.45, 2.75) is 46.5 Å². The summed E-state index contributed by atoms with van der Waals surface area (Å²) in [6, 6.07) is 0. The van der Waals surface area contributed by atoms with Crippen LogP contribution in [0, 0.1) is 16.2 Å². The fourth-order valence-electron chi connectivity index (χ4n) is 3.82. The van der Waals surface area contributed by atoms with Gasteiger partial charge in [-0.25, -0.2) is 0 Å². The SMILES string of the molecule is CC1(C)CCCC2(C)CC12/C=C/CO. The Morgan fingerprint density at radius 1 is 1.21 bits per heavy atom. The molecule has 2 saturated carbocycles. The molecule has 14 heavy (non-hydrogen) atoms. The van der Waals surface area contributed by atoms with Gasteiger partial charge in [-0.05, 0) is 35.5 Å². The molecule has 0 amide bonds. The molecule has 2 unspecified atom stereocenters.